The van der Waals surface area contributed by atoms with Crippen molar-refractivity contribution in [3.8, 4) is 6.07 Å². The summed E-state index contributed by atoms with van der Waals surface area (Å²) in [6.45, 7) is 0.454. The molecule has 0 bridgehead atoms. The molecule has 2 rings (SSSR count). The van der Waals surface area contributed by atoms with Crippen molar-refractivity contribution in [2.45, 2.75) is 32.1 Å². The van der Waals surface area contributed by atoms with Crippen LogP contribution in [-0.4, -0.2) is 23.2 Å². The Hall–Kier alpha value is -1.37. The summed E-state index contributed by atoms with van der Waals surface area (Å²) in [4.78, 5) is 11.7. The number of hydrazone groups is 1. The second kappa shape index (κ2) is 3.79. The Morgan fingerprint density at radius 1 is 1.57 bits per heavy atom. The Balaban J connectivity index is 2.05. The fourth-order valence-corrected chi connectivity index (χ4v) is 2.08. The van der Waals surface area contributed by atoms with Gasteiger partial charge < -0.3 is 0 Å². The highest BCUT2D eigenvalue weighted by atomic mass is 16.2. The van der Waals surface area contributed by atoms with Crippen LogP contribution in [0.25, 0.3) is 0 Å². The summed E-state index contributed by atoms with van der Waals surface area (Å²) < 4.78 is 0. The molecule has 1 heterocycles. The number of carbonyl (C=O) groups excluding carboxylic acids is 1. The first-order valence-electron chi connectivity index (χ1n) is 5.08. The van der Waals surface area contributed by atoms with Crippen LogP contribution in [0.3, 0.4) is 0 Å². The van der Waals surface area contributed by atoms with E-state index in [-0.39, 0.29) is 11.8 Å². The third-order valence-electron chi connectivity index (χ3n) is 2.82. The zero-order valence-corrected chi connectivity index (χ0v) is 8.07. The van der Waals surface area contributed by atoms with Gasteiger partial charge in [0.25, 0.3) is 5.91 Å². The molecule has 14 heavy (non-hydrogen) atoms. The van der Waals surface area contributed by atoms with E-state index in [4.69, 9.17) is 5.26 Å². The molecule has 0 saturated heterocycles. The molecule has 1 saturated carbocycles. The lowest BCUT2D eigenvalue weighted by Crippen LogP contribution is -2.29. The lowest BCUT2D eigenvalue weighted by molar-refractivity contribution is -0.131. The number of amides is 1. The van der Waals surface area contributed by atoms with Crippen LogP contribution in [0.1, 0.15) is 32.1 Å². The number of nitriles is 1. The minimum absolute atomic E-state index is 0.0439. The van der Waals surface area contributed by atoms with Crippen LogP contribution in [0.15, 0.2) is 5.10 Å². The van der Waals surface area contributed by atoms with E-state index in [1.165, 1.54) is 5.01 Å². The van der Waals surface area contributed by atoms with Gasteiger partial charge in [0, 0.05) is 0 Å². The van der Waals surface area contributed by atoms with E-state index in [2.05, 4.69) is 5.10 Å². The molecular formula is C10H13N3O. The molecular weight excluding hydrogens is 178 g/mol. The van der Waals surface area contributed by atoms with Crippen LogP contribution in [0, 0.1) is 17.2 Å². The third kappa shape index (κ3) is 1.50. The molecule has 0 radical (unpaired) electrons. The van der Waals surface area contributed by atoms with Gasteiger partial charge in [0.2, 0.25) is 0 Å². The van der Waals surface area contributed by atoms with E-state index in [0.717, 1.165) is 31.4 Å². The fourth-order valence-electron chi connectivity index (χ4n) is 2.08. The third-order valence-corrected chi connectivity index (χ3v) is 2.82. The average molecular weight is 191 g/mol. The molecule has 74 valence electrons. The first-order valence-corrected chi connectivity index (χ1v) is 5.08. The van der Waals surface area contributed by atoms with E-state index < -0.39 is 0 Å². The monoisotopic (exact) mass is 191 g/mol. The number of hydrogen-bond donors (Lipinski definition) is 0. The maximum absolute atomic E-state index is 11.7. The largest absolute Gasteiger partial charge is 0.272 e. The highest BCUT2D eigenvalue weighted by Gasteiger charge is 2.36. The van der Waals surface area contributed by atoms with Crippen LogP contribution < -0.4 is 0 Å². The normalized spacial score (nSPS) is 25.6. The van der Waals surface area contributed by atoms with Crippen LogP contribution in [0.4, 0.5) is 0 Å². The second-order valence-corrected chi connectivity index (χ2v) is 3.76. The summed E-state index contributed by atoms with van der Waals surface area (Å²) in [5.74, 6) is 0.150. The number of rotatable bonds is 2. The van der Waals surface area contributed by atoms with Crippen LogP contribution in [0.5, 0.6) is 0 Å². The van der Waals surface area contributed by atoms with Crippen molar-refractivity contribution in [1.29, 1.82) is 5.26 Å². The zero-order valence-electron chi connectivity index (χ0n) is 8.07. The number of carbonyl (C=O) groups is 1. The fraction of sp³-hybridized carbons (Fsp3) is 0.700. The predicted octanol–water partition coefficient (Wildman–Crippen LogP) is 1.29. The Kier molecular flexibility index (Phi) is 2.49. The molecule has 4 heteroatoms. The predicted molar refractivity (Wildman–Crippen MR) is 51.3 cm³/mol. The van der Waals surface area contributed by atoms with Gasteiger partial charge in [-0.05, 0) is 19.3 Å². The van der Waals surface area contributed by atoms with Gasteiger partial charge in [0.15, 0.2) is 0 Å². The average Bonchev–Trinajstić information content (AvgIpc) is 2.54. The maximum atomic E-state index is 11.7. The molecule has 0 aromatic rings. The molecule has 4 nitrogen and oxygen atoms in total. The van der Waals surface area contributed by atoms with Crippen LogP contribution in [0.2, 0.25) is 0 Å². The maximum Gasteiger partial charge on any atom is 0.251 e. The van der Waals surface area contributed by atoms with Gasteiger partial charge in [0.1, 0.15) is 0 Å². The van der Waals surface area contributed by atoms with Gasteiger partial charge in [-0.2, -0.15) is 10.4 Å². The highest BCUT2D eigenvalue weighted by molar-refractivity contribution is 6.08. The molecule has 0 aromatic carbocycles. The SMILES string of the molecule is N#CCCN1N=C2CCCCC2C1=O. The van der Waals surface area contributed by atoms with Crippen LogP contribution in [-0.2, 0) is 4.79 Å². The van der Waals surface area contributed by atoms with E-state index >= 15 is 0 Å². The smallest absolute Gasteiger partial charge is 0.251 e. The zero-order chi connectivity index (χ0) is 9.97. The Morgan fingerprint density at radius 2 is 2.43 bits per heavy atom. The minimum atomic E-state index is 0.0439. The summed E-state index contributed by atoms with van der Waals surface area (Å²) in [5.41, 5.74) is 1.04. The number of hydrogen-bond acceptors (Lipinski definition) is 3. The molecule has 1 aliphatic carbocycles. The van der Waals surface area contributed by atoms with E-state index in [1.807, 2.05) is 6.07 Å². The molecule has 0 aromatic heterocycles. The summed E-state index contributed by atoms with van der Waals surface area (Å²) >= 11 is 0. The number of nitrogens with zero attached hydrogens (tertiary/aromatic N) is 3. The van der Waals surface area contributed by atoms with Gasteiger partial charge in [0.05, 0.1) is 30.7 Å². The standard InChI is InChI=1S/C10H13N3O/c11-6-3-7-13-10(14)8-4-1-2-5-9(8)12-13/h8H,1-5,7H2. The Morgan fingerprint density at radius 3 is 3.14 bits per heavy atom. The summed E-state index contributed by atoms with van der Waals surface area (Å²) in [5, 5.41) is 14.2. The lowest BCUT2D eigenvalue weighted by Gasteiger charge is -2.16. The van der Waals surface area contributed by atoms with Crippen molar-refractivity contribution in [2.24, 2.45) is 11.0 Å². The van der Waals surface area contributed by atoms with Crippen molar-refractivity contribution >= 4 is 11.6 Å². The van der Waals surface area contributed by atoms with Crippen molar-refractivity contribution in [1.82, 2.24) is 5.01 Å². The van der Waals surface area contributed by atoms with E-state index in [1.54, 1.807) is 0 Å². The molecule has 0 spiro atoms. The van der Waals surface area contributed by atoms with Gasteiger partial charge in [-0.15, -0.1) is 0 Å². The summed E-state index contributed by atoms with van der Waals surface area (Å²) in [6.07, 6.45) is 4.55. The van der Waals surface area contributed by atoms with Crippen LogP contribution >= 0.6 is 0 Å². The highest BCUT2D eigenvalue weighted by Crippen LogP contribution is 2.28. The van der Waals surface area contributed by atoms with Crippen molar-refractivity contribution in [2.75, 3.05) is 6.54 Å². The van der Waals surface area contributed by atoms with Gasteiger partial charge in [-0.1, -0.05) is 6.42 Å². The molecule has 1 unspecified atom stereocenters. The topological polar surface area (TPSA) is 56.5 Å². The molecule has 2 aliphatic rings. The van der Waals surface area contributed by atoms with E-state index in [9.17, 15) is 4.79 Å². The van der Waals surface area contributed by atoms with Crippen molar-refractivity contribution in [3.63, 3.8) is 0 Å². The van der Waals surface area contributed by atoms with Gasteiger partial charge in [-0.25, -0.2) is 5.01 Å². The summed E-state index contributed by atoms with van der Waals surface area (Å²) in [7, 11) is 0. The van der Waals surface area contributed by atoms with E-state index in [0.29, 0.717) is 13.0 Å². The molecule has 1 atom stereocenters. The van der Waals surface area contributed by atoms with Gasteiger partial charge >= 0.3 is 0 Å². The molecule has 1 aliphatic heterocycles. The first-order chi connectivity index (χ1) is 6.83. The Bertz CT molecular complexity index is 316. The van der Waals surface area contributed by atoms with Gasteiger partial charge in [-0.3, -0.25) is 4.79 Å². The number of fused-ring (bicyclic) bond motifs is 1. The lowest BCUT2D eigenvalue weighted by atomic mass is 9.87. The molecule has 1 fully saturated rings. The Labute approximate surface area is 83.2 Å². The van der Waals surface area contributed by atoms with Crippen molar-refractivity contribution < 1.29 is 4.79 Å². The molecule has 1 amide bonds. The molecule has 0 N–H and O–H groups in total. The van der Waals surface area contributed by atoms with Crippen molar-refractivity contribution in [3.05, 3.63) is 0 Å². The first kappa shape index (κ1) is 9.20. The quantitative estimate of drug-likeness (QED) is 0.660. The summed E-state index contributed by atoms with van der Waals surface area (Å²) in [6, 6.07) is 2.03. The minimum Gasteiger partial charge on any atom is -0.272 e. The second-order valence-electron chi connectivity index (χ2n) is 3.76.